The van der Waals surface area contributed by atoms with Crippen LogP contribution in [-0.2, 0) is 6.54 Å². The number of para-hydroxylation sites is 4. The van der Waals surface area contributed by atoms with E-state index >= 15 is 0 Å². The van der Waals surface area contributed by atoms with Gasteiger partial charge in [0.2, 0.25) is 0 Å². The molecule has 49 heavy (non-hydrogen) atoms. The molecule has 0 amide bonds. The number of fused-ring (bicyclic) bond motifs is 12. The maximum atomic E-state index is 6.93. The molecular formula is C45H28N2O2. The minimum Gasteiger partial charge on any atom is -0.456 e. The van der Waals surface area contributed by atoms with Gasteiger partial charge in [-0.25, -0.2) is 4.98 Å². The summed E-state index contributed by atoms with van der Waals surface area (Å²) < 4.78 is 15.7. The van der Waals surface area contributed by atoms with Gasteiger partial charge in [-0.3, -0.25) is 0 Å². The van der Waals surface area contributed by atoms with E-state index in [1.54, 1.807) is 0 Å². The Hall–Kier alpha value is -6.39. The van der Waals surface area contributed by atoms with Gasteiger partial charge in [0.1, 0.15) is 28.2 Å². The first-order valence-electron chi connectivity index (χ1n) is 16.9. The molecule has 0 bridgehead atoms. The third-order valence-corrected chi connectivity index (χ3v) is 10.4. The second kappa shape index (κ2) is 9.82. The molecule has 0 radical (unpaired) electrons. The zero-order chi connectivity index (χ0) is 32.2. The second-order valence-electron chi connectivity index (χ2n) is 12.9. The molecule has 0 fully saturated rings. The van der Waals surface area contributed by atoms with Crippen molar-refractivity contribution in [1.82, 2.24) is 9.55 Å². The van der Waals surface area contributed by atoms with Crippen LogP contribution in [0.4, 0.5) is 0 Å². The smallest absolute Gasteiger partial charge is 0.143 e. The molecule has 4 heteroatoms. The first kappa shape index (κ1) is 26.7. The van der Waals surface area contributed by atoms with E-state index in [0.717, 1.165) is 94.7 Å². The van der Waals surface area contributed by atoms with E-state index in [4.69, 9.17) is 13.8 Å². The fraction of sp³-hybridized carbons (Fsp3) is 0.0444. The summed E-state index contributed by atoms with van der Waals surface area (Å²) in [7, 11) is 0. The number of aryl methyl sites for hydroxylation is 1. The molecule has 3 aromatic heterocycles. The Balaban J connectivity index is 1.34. The van der Waals surface area contributed by atoms with E-state index in [1.807, 2.05) is 12.1 Å². The maximum absolute atomic E-state index is 6.93. The summed E-state index contributed by atoms with van der Waals surface area (Å²) in [5.41, 5.74) is 9.08. The van der Waals surface area contributed by atoms with Gasteiger partial charge in [0.05, 0.1) is 11.0 Å². The van der Waals surface area contributed by atoms with Crippen LogP contribution >= 0.6 is 0 Å². The molecule has 0 spiro atoms. The van der Waals surface area contributed by atoms with E-state index in [0.29, 0.717) is 0 Å². The van der Waals surface area contributed by atoms with Crippen molar-refractivity contribution in [2.24, 2.45) is 0 Å². The minimum absolute atomic E-state index is 0.821. The van der Waals surface area contributed by atoms with E-state index in [9.17, 15) is 0 Å². The van der Waals surface area contributed by atoms with Gasteiger partial charge in [-0.1, -0.05) is 103 Å². The minimum atomic E-state index is 0.821. The van der Waals surface area contributed by atoms with Crippen LogP contribution < -0.4 is 0 Å². The fourth-order valence-corrected chi connectivity index (χ4v) is 8.36. The van der Waals surface area contributed by atoms with Crippen LogP contribution in [0, 0.1) is 0 Å². The maximum Gasteiger partial charge on any atom is 0.143 e. The van der Waals surface area contributed by atoms with Crippen molar-refractivity contribution >= 4 is 87.2 Å². The quantitative estimate of drug-likeness (QED) is 0.183. The summed E-state index contributed by atoms with van der Waals surface area (Å²) in [5, 5.41) is 11.4. The highest BCUT2D eigenvalue weighted by atomic mass is 16.3. The first-order chi connectivity index (χ1) is 24.3. The highest BCUT2D eigenvalue weighted by Gasteiger charge is 2.25. The number of rotatable bonds is 3. The Morgan fingerprint density at radius 3 is 1.78 bits per heavy atom. The van der Waals surface area contributed by atoms with Crippen molar-refractivity contribution < 1.29 is 8.83 Å². The average Bonchev–Trinajstić information content (AvgIpc) is 3.85. The molecule has 0 unspecified atom stereocenters. The number of nitrogens with zero attached hydrogens (tertiary/aromatic N) is 2. The van der Waals surface area contributed by atoms with Crippen molar-refractivity contribution in [3.05, 3.63) is 140 Å². The normalized spacial score (nSPS) is 12.3. The van der Waals surface area contributed by atoms with Crippen molar-refractivity contribution in [2.45, 2.75) is 13.5 Å². The second-order valence-corrected chi connectivity index (χ2v) is 12.9. The van der Waals surface area contributed by atoms with Crippen molar-refractivity contribution in [1.29, 1.82) is 0 Å². The summed E-state index contributed by atoms with van der Waals surface area (Å²) >= 11 is 0. The van der Waals surface area contributed by atoms with Gasteiger partial charge in [-0.15, -0.1) is 0 Å². The molecule has 3 heterocycles. The molecule has 230 valence electrons. The Morgan fingerprint density at radius 1 is 0.510 bits per heavy atom. The lowest BCUT2D eigenvalue weighted by atomic mass is 9.86. The summed E-state index contributed by atoms with van der Waals surface area (Å²) in [6.45, 7) is 3.02. The molecule has 0 saturated heterocycles. The third-order valence-electron chi connectivity index (χ3n) is 10.4. The molecule has 0 aliphatic carbocycles. The molecule has 11 aromatic rings. The molecule has 8 aromatic carbocycles. The summed E-state index contributed by atoms with van der Waals surface area (Å²) in [5.74, 6) is 0.990. The van der Waals surface area contributed by atoms with Crippen LogP contribution in [0.3, 0.4) is 0 Å². The topological polar surface area (TPSA) is 44.1 Å². The van der Waals surface area contributed by atoms with E-state index in [-0.39, 0.29) is 0 Å². The lowest BCUT2D eigenvalue weighted by Crippen LogP contribution is -2.00. The van der Waals surface area contributed by atoms with Gasteiger partial charge in [0, 0.05) is 50.2 Å². The SMILES string of the molecule is CCn1c(-c2c3ccccc3c(-c3cc4ccc5oc6ccccc6c5c4c4c3oc3ccccc34)c3ccccc23)nc2ccccc21. The predicted octanol–water partition coefficient (Wildman–Crippen LogP) is 12.6. The Kier molecular flexibility index (Phi) is 5.34. The number of aromatic nitrogens is 2. The molecule has 0 saturated carbocycles. The predicted molar refractivity (Wildman–Crippen MR) is 203 cm³/mol. The molecule has 0 N–H and O–H groups in total. The molecule has 4 nitrogen and oxygen atoms in total. The Morgan fingerprint density at radius 2 is 1.08 bits per heavy atom. The van der Waals surface area contributed by atoms with Crippen LogP contribution in [0.25, 0.3) is 110 Å². The lowest BCUT2D eigenvalue weighted by molar-refractivity contribution is 0.669. The van der Waals surface area contributed by atoms with Gasteiger partial charge in [0.15, 0.2) is 0 Å². The first-order valence-corrected chi connectivity index (χ1v) is 16.9. The van der Waals surface area contributed by atoms with Crippen molar-refractivity contribution in [3.8, 4) is 22.5 Å². The zero-order valence-corrected chi connectivity index (χ0v) is 26.7. The zero-order valence-electron chi connectivity index (χ0n) is 26.7. The fourth-order valence-electron chi connectivity index (χ4n) is 8.36. The number of hydrogen-bond donors (Lipinski definition) is 0. The van der Waals surface area contributed by atoms with Crippen molar-refractivity contribution in [3.63, 3.8) is 0 Å². The third kappa shape index (κ3) is 3.55. The average molecular weight is 629 g/mol. The highest BCUT2D eigenvalue weighted by molar-refractivity contribution is 6.34. The number of imidazole rings is 1. The standard InChI is InChI=1S/C45H28N2O2/c1-2-47-35-20-10-9-19-34(35)46-45(47)41-29-15-5-3-13-27(29)40(28-14-4-6-16-30(28)41)33-25-26-23-24-38-42(31-17-7-11-21-36(31)48-38)39(26)43-32-18-8-12-22-37(32)49-44(33)43/h3-25H,2H2,1H3. The van der Waals surface area contributed by atoms with E-state index in [2.05, 4.69) is 139 Å². The molecule has 0 atom stereocenters. The van der Waals surface area contributed by atoms with E-state index in [1.165, 1.54) is 21.5 Å². The summed E-state index contributed by atoms with van der Waals surface area (Å²) in [6.07, 6.45) is 0. The monoisotopic (exact) mass is 628 g/mol. The van der Waals surface area contributed by atoms with Crippen LogP contribution in [0.5, 0.6) is 0 Å². The van der Waals surface area contributed by atoms with Crippen LogP contribution in [-0.4, -0.2) is 9.55 Å². The number of hydrogen-bond acceptors (Lipinski definition) is 3. The number of benzene rings is 8. The Labute approximate surface area is 280 Å². The van der Waals surface area contributed by atoms with Crippen molar-refractivity contribution in [2.75, 3.05) is 0 Å². The largest absolute Gasteiger partial charge is 0.456 e. The van der Waals surface area contributed by atoms with Crippen LogP contribution in [0.1, 0.15) is 6.92 Å². The van der Waals surface area contributed by atoms with Gasteiger partial charge < -0.3 is 13.4 Å². The Bertz CT molecular complexity index is 3100. The molecular weight excluding hydrogens is 601 g/mol. The van der Waals surface area contributed by atoms with E-state index < -0.39 is 0 Å². The molecule has 0 aliphatic rings. The van der Waals surface area contributed by atoms with Crippen LogP contribution in [0.2, 0.25) is 0 Å². The van der Waals surface area contributed by atoms with Gasteiger partial charge in [0.25, 0.3) is 0 Å². The summed E-state index contributed by atoms with van der Waals surface area (Å²) in [4.78, 5) is 5.26. The molecule has 0 aliphatic heterocycles. The van der Waals surface area contributed by atoms with Crippen LogP contribution in [0.15, 0.2) is 148 Å². The highest BCUT2D eigenvalue weighted by Crippen LogP contribution is 2.50. The van der Waals surface area contributed by atoms with Gasteiger partial charge in [-0.2, -0.15) is 0 Å². The number of furan rings is 2. The van der Waals surface area contributed by atoms with Gasteiger partial charge >= 0.3 is 0 Å². The lowest BCUT2D eigenvalue weighted by Gasteiger charge is -2.18. The summed E-state index contributed by atoms with van der Waals surface area (Å²) in [6, 6.07) is 49.4. The van der Waals surface area contributed by atoms with Gasteiger partial charge in [-0.05, 0) is 70.3 Å². The molecule has 11 rings (SSSR count).